The topological polar surface area (TPSA) is 50.2 Å². The number of rotatable bonds is 11. The Balaban J connectivity index is 0.000000464. The molecule has 0 aliphatic carbocycles. The molecule has 5 aromatic rings. The Labute approximate surface area is 352 Å². The molecule has 0 fully saturated rings. The van der Waals surface area contributed by atoms with Gasteiger partial charge in [-0.1, -0.05) is 153 Å². The number of nitrogens with zero attached hydrogens (tertiary/aromatic N) is 1. The van der Waals surface area contributed by atoms with E-state index < -0.39 is 11.7 Å². The molecule has 1 radical (unpaired) electrons. The Morgan fingerprint density at radius 2 is 1.26 bits per heavy atom. The van der Waals surface area contributed by atoms with Gasteiger partial charge in [0.25, 0.3) is 0 Å². The molecule has 0 bridgehead atoms. The second kappa shape index (κ2) is 20.1. The number of ketones is 1. The third kappa shape index (κ3) is 12.7. The SMILES string of the molecule is CC(C)(C)Cc1ccc(-c2ccc(-c3cc(-c4[c-]c5ccccc5c(C(C)(C)C)c4)ncc3C(F)(F)F)cc2)cc1.CCC(CC)C(=O)/C=C(\O)C(CC)CC.[Ir]. The van der Waals surface area contributed by atoms with E-state index >= 15 is 0 Å². The van der Waals surface area contributed by atoms with Gasteiger partial charge in [-0.05, 0) is 70.8 Å². The van der Waals surface area contributed by atoms with Crippen LogP contribution in [-0.2, 0) is 42.9 Å². The van der Waals surface area contributed by atoms with Gasteiger partial charge in [0.2, 0.25) is 0 Å². The van der Waals surface area contributed by atoms with Crippen LogP contribution in [0, 0.1) is 23.3 Å². The molecule has 0 aliphatic heterocycles. The van der Waals surface area contributed by atoms with E-state index in [-0.39, 0.29) is 59.9 Å². The van der Waals surface area contributed by atoms with Crippen LogP contribution in [0.4, 0.5) is 13.2 Å². The molecular formula is C50H59F3IrNO2-. The molecule has 5 rings (SSSR count). The first kappa shape index (κ1) is 47.3. The van der Waals surface area contributed by atoms with Crippen LogP contribution >= 0.6 is 0 Å². The van der Waals surface area contributed by atoms with Crippen molar-refractivity contribution in [2.75, 3.05) is 0 Å². The zero-order chi connectivity index (χ0) is 41.4. The summed E-state index contributed by atoms with van der Waals surface area (Å²) in [5.74, 6) is 0.547. The first-order valence-electron chi connectivity index (χ1n) is 20.0. The van der Waals surface area contributed by atoms with Crippen molar-refractivity contribution in [1.82, 2.24) is 4.98 Å². The number of aliphatic hydroxyl groups excluding tert-OH is 1. The van der Waals surface area contributed by atoms with Crippen molar-refractivity contribution < 1.29 is 43.2 Å². The van der Waals surface area contributed by atoms with E-state index in [1.54, 1.807) is 18.2 Å². The van der Waals surface area contributed by atoms with Gasteiger partial charge in [0.05, 0.1) is 11.3 Å². The average molecular weight is 955 g/mol. The summed E-state index contributed by atoms with van der Waals surface area (Å²) in [5, 5.41) is 11.8. The van der Waals surface area contributed by atoms with Gasteiger partial charge in [0.1, 0.15) is 0 Å². The molecule has 0 aliphatic rings. The maximum absolute atomic E-state index is 14.1. The summed E-state index contributed by atoms with van der Waals surface area (Å²) in [4.78, 5) is 16.0. The number of hydrogen-bond acceptors (Lipinski definition) is 3. The number of carbonyl (C=O) groups is 1. The number of halogens is 3. The third-order valence-electron chi connectivity index (χ3n) is 10.4. The summed E-state index contributed by atoms with van der Waals surface area (Å²) in [6.45, 7) is 21.1. The van der Waals surface area contributed by atoms with E-state index in [9.17, 15) is 23.1 Å². The summed E-state index contributed by atoms with van der Waals surface area (Å²) in [7, 11) is 0. The molecule has 0 unspecified atom stereocenters. The number of fused-ring (bicyclic) bond motifs is 1. The zero-order valence-corrected chi connectivity index (χ0v) is 37.6. The maximum atomic E-state index is 14.1. The standard InChI is InChI=1S/C37H35F3N.C13H24O2.Ir/c1-35(2,3)22-24-11-13-25(14-12-24)26-15-17-27(18-16-26)31-21-34(41-23-33(31)37(38,39)40)29-19-28-9-7-8-10-30(28)32(20-29)36(4,5)6;1-5-10(6-2)12(14)9-13(15)11(7-3)8-4;/h7-18,20-21,23H,22H2,1-6H3;9-11,14H,5-8H2,1-4H3;/q-1;;/b;12-9-;. The minimum Gasteiger partial charge on any atom is -0.512 e. The quantitative estimate of drug-likeness (QED) is 0.0815. The number of hydrogen-bond donors (Lipinski definition) is 1. The largest absolute Gasteiger partial charge is 0.512 e. The molecule has 307 valence electrons. The molecule has 0 spiro atoms. The van der Waals surface area contributed by atoms with Crippen LogP contribution in [0.15, 0.2) is 103 Å². The summed E-state index contributed by atoms with van der Waals surface area (Å²) in [6.07, 6.45) is 2.30. The van der Waals surface area contributed by atoms with E-state index in [2.05, 4.69) is 82.9 Å². The molecule has 4 aromatic carbocycles. The van der Waals surface area contributed by atoms with Crippen LogP contribution in [0.25, 0.3) is 44.3 Å². The maximum Gasteiger partial charge on any atom is 0.418 e. The van der Waals surface area contributed by atoms with Crippen molar-refractivity contribution in [3.8, 4) is 33.5 Å². The van der Waals surface area contributed by atoms with Crippen LogP contribution < -0.4 is 0 Å². The molecule has 7 heteroatoms. The molecule has 1 N–H and O–H groups in total. The van der Waals surface area contributed by atoms with Gasteiger partial charge in [-0.2, -0.15) is 13.2 Å². The number of carbonyl (C=O) groups excluding carboxylic acids is 1. The van der Waals surface area contributed by atoms with Crippen LogP contribution in [0.2, 0.25) is 0 Å². The number of pyridine rings is 1. The minimum atomic E-state index is -4.54. The zero-order valence-electron chi connectivity index (χ0n) is 35.2. The second-order valence-corrected chi connectivity index (χ2v) is 17.0. The van der Waals surface area contributed by atoms with Crippen LogP contribution in [-0.4, -0.2) is 15.9 Å². The van der Waals surface area contributed by atoms with Gasteiger partial charge in [0, 0.05) is 49.9 Å². The van der Waals surface area contributed by atoms with Gasteiger partial charge < -0.3 is 5.11 Å². The molecule has 0 saturated carbocycles. The van der Waals surface area contributed by atoms with Crippen molar-refractivity contribution in [2.45, 2.75) is 113 Å². The first-order chi connectivity index (χ1) is 26.3. The predicted molar refractivity (Wildman–Crippen MR) is 228 cm³/mol. The van der Waals surface area contributed by atoms with E-state index in [4.69, 9.17) is 0 Å². The minimum absolute atomic E-state index is 0. The predicted octanol–water partition coefficient (Wildman–Crippen LogP) is 14.8. The molecule has 0 amide bonds. The molecule has 1 aromatic heterocycles. The smallest absolute Gasteiger partial charge is 0.418 e. The summed E-state index contributed by atoms with van der Waals surface area (Å²) in [6, 6.07) is 30.6. The number of aromatic nitrogens is 1. The van der Waals surface area contributed by atoms with Crippen LogP contribution in [0.1, 0.15) is 112 Å². The van der Waals surface area contributed by atoms with E-state index in [0.29, 0.717) is 16.8 Å². The number of alkyl halides is 3. The fourth-order valence-electron chi connectivity index (χ4n) is 7.11. The van der Waals surface area contributed by atoms with Crippen molar-refractivity contribution >= 4 is 16.6 Å². The normalized spacial score (nSPS) is 12.4. The number of allylic oxidation sites excluding steroid dienone is 2. The monoisotopic (exact) mass is 955 g/mol. The Kier molecular flexibility index (Phi) is 16.7. The molecule has 3 nitrogen and oxygen atoms in total. The second-order valence-electron chi connectivity index (χ2n) is 17.0. The first-order valence-corrected chi connectivity index (χ1v) is 20.0. The Morgan fingerprint density at radius 1 is 0.737 bits per heavy atom. The van der Waals surface area contributed by atoms with Crippen LogP contribution in [0.5, 0.6) is 0 Å². The van der Waals surface area contributed by atoms with E-state index in [1.807, 2.05) is 64.1 Å². The Hall–Kier alpha value is -4.06. The average Bonchev–Trinajstić information content (AvgIpc) is 3.14. The fraction of sp³-hybridized carbons (Fsp3) is 0.400. The van der Waals surface area contributed by atoms with Crippen molar-refractivity contribution in [3.05, 3.63) is 126 Å². The molecule has 0 atom stereocenters. The van der Waals surface area contributed by atoms with Crippen LogP contribution in [0.3, 0.4) is 0 Å². The summed E-state index contributed by atoms with van der Waals surface area (Å²) >= 11 is 0. The fourth-order valence-corrected chi connectivity index (χ4v) is 7.11. The Bertz CT molecular complexity index is 2100. The Morgan fingerprint density at radius 3 is 1.77 bits per heavy atom. The van der Waals surface area contributed by atoms with Gasteiger partial charge in [-0.3, -0.25) is 9.78 Å². The van der Waals surface area contributed by atoms with Crippen molar-refractivity contribution in [2.24, 2.45) is 17.3 Å². The summed E-state index contributed by atoms with van der Waals surface area (Å²) < 4.78 is 42.4. The van der Waals surface area contributed by atoms with Crippen molar-refractivity contribution in [3.63, 3.8) is 0 Å². The van der Waals surface area contributed by atoms with E-state index in [0.717, 1.165) is 65.8 Å². The van der Waals surface area contributed by atoms with Gasteiger partial charge in [-0.15, -0.1) is 29.1 Å². The number of aliphatic hydroxyl groups is 1. The molecule has 1 heterocycles. The van der Waals surface area contributed by atoms with Gasteiger partial charge in [0.15, 0.2) is 5.78 Å². The third-order valence-corrected chi connectivity index (χ3v) is 10.4. The van der Waals surface area contributed by atoms with Crippen molar-refractivity contribution in [1.29, 1.82) is 0 Å². The summed E-state index contributed by atoms with van der Waals surface area (Å²) in [5.41, 5.74) is 5.36. The van der Waals surface area contributed by atoms with Gasteiger partial charge >= 0.3 is 6.18 Å². The number of benzene rings is 4. The molecule has 0 saturated heterocycles. The van der Waals surface area contributed by atoms with Gasteiger partial charge in [-0.25, -0.2) is 0 Å². The molecular weight excluding hydrogens is 896 g/mol. The molecule has 57 heavy (non-hydrogen) atoms. The van der Waals surface area contributed by atoms with E-state index in [1.165, 1.54) is 11.6 Å².